The van der Waals surface area contributed by atoms with Crippen LogP contribution in [-0.2, 0) is 16.0 Å². The summed E-state index contributed by atoms with van der Waals surface area (Å²) in [6.07, 6.45) is 2.13. The average Bonchev–Trinajstić information content (AvgIpc) is 2.68. The van der Waals surface area contributed by atoms with Crippen LogP contribution in [0.5, 0.6) is 5.75 Å². The summed E-state index contributed by atoms with van der Waals surface area (Å²) in [6.45, 7) is 9.22. The molecule has 160 valence electrons. The van der Waals surface area contributed by atoms with Gasteiger partial charge in [-0.2, -0.15) is 13.2 Å². The first-order valence-corrected chi connectivity index (χ1v) is 9.56. The standard InChI is InChI=1S/C21H26F3NO4/c1-3-4-5-6-7-8-14-28-17-11-9-16(10-12-17)13-15-29-20(27)18(25-2)19(26)21(22,23)24/h9-12,26H,3-8,13-15H2,1H3. The SMILES string of the molecule is [C-]#[N+]C(C(=O)OCCc1ccc(OCCCCCCCC)cc1)=C(O)C(F)(F)F. The second kappa shape index (κ2) is 12.7. The number of hydrogen-bond acceptors (Lipinski definition) is 4. The number of aliphatic hydroxyl groups excluding tert-OH is 1. The van der Waals surface area contributed by atoms with Crippen molar-refractivity contribution in [1.82, 2.24) is 0 Å². The number of allylic oxidation sites excluding steroid dienone is 1. The minimum absolute atomic E-state index is 0.221. The summed E-state index contributed by atoms with van der Waals surface area (Å²) in [5.74, 6) is -3.04. The highest BCUT2D eigenvalue weighted by atomic mass is 19.4. The van der Waals surface area contributed by atoms with Gasteiger partial charge in [0.05, 0.1) is 19.8 Å². The van der Waals surface area contributed by atoms with Crippen molar-refractivity contribution in [2.75, 3.05) is 13.2 Å². The number of benzene rings is 1. The van der Waals surface area contributed by atoms with Crippen LogP contribution in [0.3, 0.4) is 0 Å². The first kappa shape index (κ1) is 24.3. The lowest BCUT2D eigenvalue weighted by molar-refractivity contribution is -0.142. The Bertz CT molecular complexity index is 706. The Morgan fingerprint density at radius 3 is 2.28 bits per heavy atom. The van der Waals surface area contributed by atoms with Crippen LogP contribution >= 0.6 is 0 Å². The fraction of sp³-hybridized carbons (Fsp3) is 0.524. The molecule has 1 aromatic carbocycles. The van der Waals surface area contributed by atoms with E-state index in [-0.39, 0.29) is 13.0 Å². The number of alkyl halides is 3. The number of halogens is 3. The topological polar surface area (TPSA) is 60.1 Å². The third-order valence-corrected chi connectivity index (χ3v) is 4.11. The molecule has 8 heteroatoms. The van der Waals surface area contributed by atoms with E-state index in [1.54, 1.807) is 24.3 Å². The molecule has 0 fully saturated rings. The largest absolute Gasteiger partial charge is 0.515 e. The molecule has 0 spiro atoms. The van der Waals surface area contributed by atoms with Crippen LogP contribution in [-0.4, -0.2) is 30.5 Å². The fourth-order valence-corrected chi connectivity index (χ4v) is 2.48. The molecule has 0 amide bonds. The van der Waals surface area contributed by atoms with Gasteiger partial charge in [0.25, 0.3) is 0 Å². The summed E-state index contributed by atoms with van der Waals surface area (Å²) < 4.78 is 47.5. The summed E-state index contributed by atoms with van der Waals surface area (Å²) in [7, 11) is 0. The van der Waals surface area contributed by atoms with Crippen molar-refractivity contribution in [3.05, 3.63) is 52.7 Å². The van der Waals surface area contributed by atoms with Gasteiger partial charge in [-0.25, -0.2) is 4.85 Å². The highest BCUT2D eigenvalue weighted by Gasteiger charge is 2.39. The van der Waals surface area contributed by atoms with Crippen molar-refractivity contribution in [3.8, 4) is 5.75 Å². The molecule has 1 rings (SSSR count). The fourth-order valence-electron chi connectivity index (χ4n) is 2.48. The summed E-state index contributed by atoms with van der Waals surface area (Å²) in [6, 6.07) is 7.08. The molecule has 0 aliphatic carbocycles. The number of ether oxygens (including phenoxy) is 2. The molecule has 0 atom stereocenters. The lowest BCUT2D eigenvalue weighted by Crippen LogP contribution is -2.18. The van der Waals surface area contributed by atoms with Gasteiger partial charge in [-0.1, -0.05) is 51.2 Å². The molecule has 1 aromatic rings. The van der Waals surface area contributed by atoms with Crippen molar-refractivity contribution in [3.63, 3.8) is 0 Å². The lowest BCUT2D eigenvalue weighted by Gasteiger charge is -2.09. The van der Waals surface area contributed by atoms with Gasteiger partial charge in [-0.3, -0.25) is 4.79 Å². The zero-order chi connectivity index (χ0) is 21.7. The predicted molar refractivity (Wildman–Crippen MR) is 102 cm³/mol. The van der Waals surface area contributed by atoms with E-state index in [2.05, 4.69) is 16.5 Å². The first-order valence-electron chi connectivity index (χ1n) is 9.56. The molecule has 0 bridgehead atoms. The summed E-state index contributed by atoms with van der Waals surface area (Å²) in [5, 5.41) is 8.93. The van der Waals surface area contributed by atoms with E-state index in [0.29, 0.717) is 12.4 Å². The van der Waals surface area contributed by atoms with E-state index < -0.39 is 23.6 Å². The molecule has 0 aromatic heterocycles. The number of carbonyl (C=O) groups is 1. The Morgan fingerprint density at radius 2 is 1.69 bits per heavy atom. The molecular weight excluding hydrogens is 387 g/mol. The molecule has 0 saturated carbocycles. The second-order valence-corrected chi connectivity index (χ2v) is 6.45. The Balaban J connectivity index is 2.37. The van der Waals surface area contributed by atoms with Crippen LogP contribution in [0.25, 0.3) is 4.85 Å². The minimum atomic E-state index is -5.18. The molecule has 5 nitrogen and oxygen atoms in total. The molecule has 0 heterocycles. The number of rotatable bonds is 12. The van der Waals surface area contributed by atoms with Gasteiger partial charge in [-0.05, 0) is 24.1 Å². The van der Waals surface area contributed by atoms with Crippen LogP contribution < -0.4 is 4.74 Å². The number of hydrogen-bond donors (Lipinski definition) is 1. The first-order chi connectivity index (χ1) is 13.8. The Hall–Kier alpha value is -2.69. The van der Waals surface area contributed by atoms with Gasteiger partial charge in [0.2, 0.25) is 5.76 Å². The highest BCUT2D eigenvalue weighted by molar-refractivity contribution is 5.91. The minimum Gasteiger partial charge on any atom is -0.515 e. The van der Waals surface area contributed by atoms with Crippen molar-refractivity contribution >= 4 is 5.97 Å². The van der Waals surface area contributed by atoms with Crippen LogP contribution in [0.4, 0.5) is 13.2 Å². The van der Waals surface area contributed by atoms with Crippen molar-refractivity contribution in [2.45, 2.75) is 58.0 Å². The van der Waals surface area contributed by atoms with E-state index in [1.165, 1.54) is 25.7 Å². The van der Waals surface area contributed by atoms with Gasteiger partial charge in [-0.15, -0.1) is 0 Å². The van der Waals surface area contributed by atoms with Crippen LogP contribution in [0.15, 0.2) is 35.7 Å². The van der Waals surface area contributed by atoms with Crippen molar-refractivity contribution in [1.29, 1.82) is 0 Å². The average molecular weight is 413 g/mol. The smallest absolute Gasteiger partial charge is 0.438 e. The molecule has 1 N–H and O–H groups in total. The molecule has 29 heavy (non-hydrogen) atoms. The number of esters is 1. The monoisotopic (exact) mass is 413 g/mol. The lowest BCUT2D eigenvalue weighted by atomic mass is 10.1. The van der Waals surface area contributed by atoms with Crippen LogP contribution in [0.2, 0.25) is 0 Å². The molecular formula is C21H26F3NO4. The highest BCUT2D eigenvalue weighted by Crippen LogP contribution is 2.27. The van der Waals surface area contributed by atoms with Gasteiger partial charge >= 0.3 is 17.8 Å². The molecule has 0 unspecified atom stereocenters. The number of unbranched alkanes of at least 4 members (excludes halogenated alkanes) is 5. The van der Waals surface area contributed by atoms with E-state index >= 15 is 0 Å². The van der Waals surface area contributed by atoms with E-state index in [1.807, 2.05) is 0 Å². The second-order valence-electron chi connectivity index (χ2n) is 6.45. The van der Waals surface area contributed by atoms with E-state index in [9.17, 15) is 18.0 Å². The maximum atomic E-state index is 12.4. The van der Waals surface area contributed by atoms with E-state index in [0.717, 1.165) is 18.4 Å². The van der Waals surface area contributed by atoms with Gasteiger partial charge in [0.1, 0.15) is 5.75 Å². The Morgan fingerprint density at radius 1 is 1.07 bits per heavy atom. The number of aliphatic hydroxyl groups is 1. The van der Waals surface area contributed by atoms with Gasteiger partial charge in [0, 0.05) is 6.42 Å². The quantitative estimate of drug-likeness (QED) is 0.156. The molecule has 0 aliphatic heterocycles. The van der Waals surface area contributed by atoms with Crippen molar-refractivity contribution in [2.24, 2.45) is 0 Å². The summed E-state index contributed by atoms with van der Waals surface area (Å²) in [5.41, 5.74) is -0.686. The maximum absolute atomic E-state index is 12.4. The molecule has 0 radical (unpaired) electrons. The summed E-state index contributed by atoms with van der Waals surface area (Å²) >= 11 is 0. The van der Waals surface area contributed by atoms with Crippen molar-refractivity contribution < 1.29 is 32.5 Å². The molecule has 0 aliphatic rings. The van der Waals surface area contributed by atoms with E-state index in [4.69, 9.17) is 16.4 Å². The van der Waals surface area contributed by atoms with Crippen LogP contribution in [0.1, 0.15) is 51.0 Å². The number of nitrogens with zero attached hydrogens (tertiary/aromatic N) is 1. The Labute approximate surface area is 168 Å². The summed E-state index contributed by atoms with van der Waals surface area (Å²) in [4.78, 5) is 14.0. The zero-order valence-corrected chi connectivity index (χ0v) is 16.4. The predicted octanol–water partition coefficient (Wildman–Crippen LogP) is 5.76. The van der Waals surface area contributed by atoms with Gasteiger partial charge in [0.15, 0.2) is 0 Å². The molecule has 0 saturated heterocycles. The Kier molecular flexibility index (Phi) is 10.7. The van der Waals surface area contributed by atoms with Gasteiger partial charge < -0.3 is 14.6 Å². The third-order valence-electron chi connectivity index (χ3n) is 4.11. The third kappa shape index (κ3) is 9.37. The number of carbonyl (C=O) groups excluding carboxylic acids is 1. The van der Waals surface area contributed by atoms with Crippen LogP contribution in [0, 0.1) is 6.57 Å². The maximum Gasteiger partial charge on any atom is 0.438 e. The normalized spacial score (nSPS) is 12.1. The zero-order valence-electron chi connectivity index (χ0n) is 16.4.